The van der Waals surface area contributed by atoms with Crippen LogP contribution < -0.4 is 5.32 Å². The summed E-state index contributed by atoms with van der Waals surface area (Å²) in [6.45, 7) is 5.41. The Kier molecular flexibility index (Phi) is 4.49. The van der Waals surface area contributed by atoms with Crippen LogP contribution in [0, 0.1) is 5.41 Å². The van der Waals surface area contributed by atoms with Gasteiger partial charge >= 0.3 is 0 Å². The number of nitrogens with one attached hydrogen (secondary N) is 1. The molecule has 110 valence electrons. The van der Waals surface area contributed by atoms with E-state index in [1.807, 2.05) is 0 Å². The first-order valence-corrected chi connectivity index (χ1v) is 8.51. The van der Waals surface area contributed by atoms with E-state index in [1.165, 1.54) is 35.7 Å². The average molecular weight is 338 g/mol. The maximum atomic E-state index is 5.47. The Hall–Kier alpha value is -0.380. The maximum Gasteiger partial charge on any atom is 0.0471 e. The Bertz CT molecular complexity index is 450. The molecule has 0 spiro atoms. The summed E-state index contributed by atoms with van der Waals surface area (Å²) in [5.41, 5.74) is 1.92. The highest BCUT2D eigenvalue weighted by atomic mass is 79.9. The van der Waals surface area contributed by atoms with Gasteiger partial charge in [-0.2, -0.15) is 0 Å². The Morgan fingerprint density at radius 1 is 1.30 bits per heavy atom. The van der Waals surface area contributed by atoms with Gasteiger partial charge in [-0.1, -0.05) is 35.0 Å². The minimum Gasteiger partial charge on any atom is -0.381 e. The van der Waals surface area contributed by atoms with Crippen LogP contribution in [0.1, 0.15) is 44.1 Å². The smallest absolute Gasteiger partial charge is 0.0471 e. The molecule has 1 N–H and O–H groups in total. The van der Waals surface area contributed by atoms with E-state index in [2.05, 4.69) is 52.4 Å². The number of halogens is 1. The van der Waals surface area contributed by atoms with E-state index in [4.69, 9.17) is 4.74 Å². The second-order valence-electron chi connectivity index (χ2n) is 6.72. The van der Waals surface area contributed by atoms with Crippen LogP contribution in [0.3, 0.4) is 0 Å². The molecule has 0 radical (unpaired) electrons. The van der Waals surface area contributed by atoms with Crippen molar-refractivity contribution in [2.45, 2.75) is 44.6 Å². The second kappa shape index (κ2) is 6.17. The minimum absolute atomic E-state index is 0.444. The quantitative estimate of drug-likeness (QED) is 0.892. The van der Waals surface area contributed by atoms with Gasteiger partial charge in [-0.3, -0.25) is 0 Å². The van der Waals surface area contributed by atoms with Crippen molar-refractivity contribution in [1.29, 1.82) is 0 Å². The van der Waals surface area contributed by atoms with Gasteiger partial charge in [0.2, 0.25) is 0 Å². The van der Waals surface area contributed by atoms with Crippen molar-refractivity contribution >= 4 is 15.9 Å². The molecule has 0 aromatic heterocycles. The third-order valence-electron chi connectivity index (χ3n) is 4.98. The molecule has 3 heteroatoms. The van der Waals surface area contributed by atoms with Crippen molar-refractivity contribution < 1.29 is 4.74 Å². The van der Waals surface area contributed by atoms with Crippen LogP contribution in [0.15, 0.2) is 28.7 Å². The number of rotatable bonds is 4. The molecule has 2 fully saturated rings. The zero-order valence-corrected chi connectivity index (χ0v) is 13.8. The van der Waals surface area contributed by atoms with E-state index >= 15 is 0 Å². The van der Waals surface area contributed by atoms with Crippen LogP contribution in [0.2, 0.25) is 0 Å². The first-order valence-electron chi connectivity index (χ1n) is 7.71. The normalized spacial score (nSPS) is 28.9. The van der Waals surface area contributed by atoms with Crippen LogP contribution in [-0.4, -0.2) is 25.8 Å². The van der Waals surface area contributed by atoms with Crippen LogP contribution >= 0.6 is 15.9 Å². The van der Waals surface area contributed by atoms with E-state index in [0.717, 1.165) is 25.7 Å². The first-order chi connectivity index (χ1) is 9.65. The van der Waals surface area contributed by atoms with Crippen molar-refractivity contribution in [3.8, 4) is 0 Å². The Balaban J connectivity index is 1.44. The molecule has 1 aliphatic carbocycles. The first kappa shape index (κ1) is 14.6. The molecule has 1 aromatic carbocycles. The SMILES string of the molecule is CC1(CNC2CC(c3cccc(Br)c3)C2)CCOCC1. The largest absolute Gasteiger partial charge is 0.381 e. The van der Waals surface area contributed by atoms with Gasteiger partial charge in [0, 0.05) is 30.3 Å². The molecule has 2 nitrogen and oxygen atoms in total. The van der Waals surface area contributed by atoms with Gasteiger partial charge < -0.3 is 10.1 Å². The highest BCUT2D eigenvalue weighted by molar-refractivity contribution is 9.10. The third-order valence-corrected chi connectivity index (χ3v) is 5.47. The van der Waals surface area contributed by atoms with Gasteiger partial charge in [0.05, 0.1) is 0 Å². The lowest BCUT2D eigenvalue weighted by atomic mass is 9.75. The zero-order valence-electron chi connectivity index (χ0n) is 12.2. The fourth-order valence-electron chi connectivity index (χ4n) is 3.25. The highest BCUT2D eigenvalue weighted by Gasteiger charge is 2.33. The lowest BCUT2D eigenvalue weighted by Crippen LogP contribution is -2.46. The topological polar surface area (TPSA) is 21.3 Å². The van der Waals surface area contributed by atoms with Gasteiger partial charge in [0.15, 0.2) is 0 Å². The van der Waals surface area contributed by atoms with Crippen molar-refractivity contribution in [3.63, 3.8) is 0 Å². The Morgan fingerprint density at radius 2 is 2.05 bits per heavy atom. The summed E-state index contributed by atoms with van der Waals surface area (Å²) in [6.07, 6.45) is 4.95. The maximum absolute atomic E-state index is 5.47. The molecular weight excluding hydrogens is 314 g/mol. The number of hydrogen-bond donors (Lipinski definition) is 1. The van der Waals surface area contributed by atoms with Crippen molar-refractivity contribution in [2.75, 3.05) is 19.8 Å². The Labute approximate surface area is 130 Å². The number of benzene rings is 1. The third kappa shape index (κ3) is 3.44. The molecular formula is C17H24BrNO. The molecule has 0 unspecified atom stereocenters. The van der Waals surface area contributed by atoms with Crippen LogP contribution in [0.25, 0.3) is 0 Å². The molecule has 20 heavy (non-hydrogen) atoms. The predicted molar refractivity (Wildman–Crippen MR) is 86.1 cm³/mol. The average Bonchev–Trinajstić information content (AvgIpc) is 2.38. The fraction of sp³-hybridized carbons (Fsp3) is 0.647. The summed E-state index contributed by atoms with van der Waals surface area (Å²) < 4.78 is 6.66. The van der Waals surface area contributed by atoms with E-state index in [0.29, 0.717) is 11.5 Å². The van der Waals surface area contributed by atoms with Gasteiger partial charge in [-0.15, -0.1) is 0 Å². The molecule has 0 bridgehead atoms. The summed E-state index contributed by atoms with van der Waals surface area (Å²) in [5.74, 6) is 0.743. The van der Waals surface area contributed by atoms with Crippen molar-refractivity contribution in [3.05, 3.63) is 34.3 Å². The fourth-order valence-corrected chi connectivity index (χ4v) is 3.67. The van der Waals surface area contributed by atoms with Crippen LogP contribution in [0.4, 0.5) is 0 Å². The molecule has 1 heterocycles. The summed E-state index contributed by atoms with van der Waals surface area (Å²) in [5, 5.41) is 3.78. The lowest BCUT2D eigenvalue weighted by Gasteiger charge is -2.40. The molecule has 1 saturated carbocycles. The van der Waals surface area contributed by atoms with Crippen LogP contribution in [0.5, 0.6) is 0 Å². The molecule has 1 aliphatic heterocycles. The monoisotopic (exact) mass is 337 g/mol. The van der Waals surface area contributed by atoms with Crippen LogP contribution in [-0.2, 0) is 4.74 Å². The van der Waals surface area contributed by atoms with Gasteiger partial charge in [-0.25, -0.2) is 0 Å². The van der Waals surface area contributed by atoms with Gasteiger partial charge in [-0.05, 0) is 54.7 Å². The molecule has 2 aliphatic rings. The lowest BCUT2D eigenvalue weighted by molar-refractivity contribution is 0.0211. The number of ether oxygens (including phenoxy) is 1. The van der Waals surface area contributed by atoms with Crippen molar-refractivity contribution in [2.24, 2.45) is 5.41 Å². The highest BCUT2D eigenvalue weighted by Crippen LogP contribution is 2.38. The minimum atomic E-state index is 0.444. The number of hydrogen-bond acceptors (Lipinski definition) is 2. The van der Waals surface area contributed by atoms with E-state index < -0.39 is 0 Å². The summed E-state index contributed by atoms with van der Waals surface area (Å²) in [4.78, 5) is 0. The molecule has 3 rings (SSSR count). The summed E-state index contributed by atoms with van der Waals surface area (Å²) in [6, 6.07) is 9.47. The molecule has 1 aromatic rings. The van der Waals surface area contributed by atoms with Crippen molar-refractivity contribution in [1.82, 2.24) is 5.32 Å². The summed E-state index contributed by atoms with van der Waals surface area (Å²) in [7, 11) is 0. The van der Waals surface area contributed by atoms with E-state index in [-0.39, 0.29) is 0 Å². The van der Waals surface area contributed by atoms with Gasteiger partial charge in [0.1, 0.15) is 0 Å². The summed E-state index contributed by atoms with van der Waals surface area (Å²) >= 11 is 3.56. The second-order valence-corrected chi connectivity index (χ2v) is 7.64. The standard InChI is InChI=1S/C17H24BrNO/c1-17(5-7-20-8-6-17)12-19-16-10-14(11-16)13-3-2-4-15(18)9-13/h2-4,9,14,16,19H,5-8,10-12H2,1H3. The molecule has 0 atom stereocenters. The molecule has 0 amide bonds. The van der Waals surface area contributed by atoms with E-state index in [1.54, 1.807) is 0 Å². The predicted octanol–water partition coefficient (Wildman–Crippen LogP) is 4.10. The van der Waals surface area contributed by atoms with Gasteiger partial charge in [0.25, 0.3) is 0 Å². The van der Waals surface area contributed by atoms with E-state index in [9.17, 15) is 0 Å². The zero-order chi connectivity index (χ0) is 14.0. The molecule has 1 saturated heterocycles. The Morgan fingerprint density at radius 3 is 2.75 bits per heavy atom.